The number of carboxylic acid groups (broad SMARTS) is 1. The number of sulfonamides is 1. The average molecular weight is 325 g/mol. The first-order valence-electron chi connectivity index (χ1n) is 6.33. The maximum atomic E-state index is 11.9. The highest BCUT2D eigenvalue weighted by molar-refractivity contribution is 7.90. The van der Waals surface area contributed by atoms with E-state index in [1.807, 2.05) is 0 Å². The lowest BCUT2D eigenvalue weighted by Crippen LogP contribution is -2.41. The standard InChI is InChI=1S/C13H15N3O5S/c1-15(8-12(18)19)11(17)7-16(2)13-9-5-3-4-6-10(9)22(20,21)14-13/h3-6H,7-8H2,1-2H3,(H,18,19). The molecule has 1 aromatic rings. The fourth-order valence-corrected chi connectivity index (χ4v) is 3.30. The van der Waals surface area contributed by atoms with E-state index in [0.29, 0.717) is 5.56 Å². The van der Waals surface area contributed by atoms with Crippen molar-refractivity contribution in [3.8, 4) is 0 Å². The minimum Gasteiger partial charge on any atom is -0.480 e. The van der Waals surface area contributed by atoms with Crippen molar-refractivity contribution >= 4 is 27.7 Å². The summed E-state index contributed by atoms with van der Waals surface area (Å²) < 4.78 is 27.6. The minimum absolute atomic E-state index is 0.100. The topological polar surface area (TPSA) is 107 Å². The molecule has 9 heteroatoms. The second kappa shape index (κ2) is 5.76. The summed E-state index contributed by atoms with van der Waals surface area (Å²) >= 11 is 0. The number of likely N-dealkylation sites (N-methyl/N-ethyl adjacent to an activating group) is 2. The van der Waals surface area contributed by atoms with E-state index in [1.54, 1.807) is 18.2 Å². The molecular formula is C13H15N3O5S. The molecule has 0 fully saturated rings. The van der Waals surface area contributed by atoms with Crippen molar-refractivity contribution in [2.75, 3.05) is 27.2 Å². The number of benzene rings is 1. The third-order valence-electron chi connectivity index (χ3n) is 3.14. The van der Waals surface area contributed by atoms with Crippen molar-refractivity contribution in [2.24, 2.45) is 4.40 Å². The average Bonchev–Trinajstić information content (AvgIpc) is 2.70. The molecule has 0 aliphatic carbocycles. The number of hydrogen-bond acceptors (Lipinski definition) is 5. The van der Waals surface area contributed by atoms with Crippen molar-refractivity contribution in [2.45, 2.75) is 4.90 Å². The summed E-state index contributed by atoms with van der Waals surface area (Å²) in [5.41, 5.74) is 0.429. The van der Waals surface area contributed by atoms with Gasteiger partial charge in [0.25, 0.3) is 10.0 Å². The number of rotatable bonds is 4. The Hall–Kier alpha value is -2.42. The number of carbonyl (C=O) groups is 2. The zero-order valence-electron chi connectivity index (χ0n) is 12.1. The van der Waals surface area contributed by atoms with Gasteiger partial charge in [0.05, 0.1) is 6.54 Å². The molecule has 118 valence electrons. The van der Waals surface area contributed by atoms with Gasteiger partial charge in [-0.1, -0.05) is 12.1 Å². The van der Waals surface area contributed by atoms with E-state index in [0.717, 1.165) is 4.90 Å². The van der Waals surface area contributed by atoms with Crippen molar-refractivity contribution in [3.63, 3.8) is 0 Å². The second-order valence-electron chi connectivity index (χ2n) is 4.89. The molecule has 1 aromatic carbocycles. The predicted molar refractivity (Wildman–Crippen MR) is 78.1 cm³/mol. The second-order valence-corrected chi connectivity index (χ2v) is 6.46. The highest BCUT2D eigenvalue weighted by atomic mass is 32.2. The fourth-order valence-electron chi connectivity index (χ4n) is 2.05. The lowest BCUT2D eigenvalue weighted by Gasteiger charge is -2.22. The third kappa shape index (κ3) is 3.08. The Bertz CT molecular complexity index is 757. The van der Waals surface area contributed by atoms with Gasteiger partial charge < -0.3 is 14.9 Å². The summed E-state index contributed by atoms with van der Waals surface area (Å²) in [6.45, 7) is -0.597. The molecule has 2 rings (SSSR count). The largest absolute Gasteiger partial charge is 0.480 e. The molecular weight excluding hydrogens is 310 g/mol. The van der Waals surface area contributed by atoms with Gasteiger partial charge in [-0.15, -0.1) is 4.40 Å². The third-order valence-corrected chi connectivity index (χ3v) is 4.47. The lowest BCUT2D eigenvalue weighted by molar-refractivity contribution is -0.143. The van der Waals surface area contributed by atoms with Crippen LogP contribution in [0.15, 0.2) is 33.6 Å². The Morgan fingerprint density at radius 2 is 1.82 bits per heavy atom. The van der Waals surface area contributed by atoms with Crippen molar-refractivity contribution in [1.29, 1.82) is 0 Å². The summed E-state index contributed by atoms with van der Waals surface area (Å²) in [5, 5.41) is 8.67. The summed E-state index contributed by atoms with van der Waals surface area (Å²) in [4.78, 5) is 25.1. The molecule has 1 heterocycles. The number of fused-ring (bicyclic) bond motifs is 1. The first-order chi connectivity index (χ1) is 10.2. The molecule has 0 unspecified atom stereocenters. The van der Waals surface area contributed by atoms with Gasteiger partial charge in [-0.2, -0.15) is 8.42 Å². The molecule has 1 aliphatic heterocycles. The van der Waals surface area contributed by atoms with Crippen LogP contribution >= 0.6 is 0 Å². The number of hydrogen-bond donors (Lipinski definition) is 1. The van der Waals surface area contributed by atoms with Crippen LogP contribution in [0.2, 0.25) is 0 Å². The van der Waals surface area contributed by atoms with Crippen LogP contribution < -0.4 is 0 Å². The van der Waals surface area contributed by atoms with Gasteiger partial charge in [-0.3, -0.25) is 9.59 Å². The van der Waals surface area contributed by atoms with Gasteiger partial charge in [0.1, 0.15) is 11.4 Å². The molecule has 8 nitrogen and oxygen atoms in total. The van der Waals surface area contributed by atoms with E-state index in [1.165, 1.54) is 25.1 Å². The summed E-state index contributed by atoms with van der Waals surface area (Å²) in [6.07, 6.45) is 0. The minimum atomic E-state index is -3.75. The van der Waals surface area contributed by atoms with Gasteiger partial charge in [-0.25, -0.2) is 0 Å². The van der Waals surface area contributed by atoms with E-state index in [9.17, 15) is 18.0 Å². The highest BCUT2D eigenvalue weighted by Crippen LogP contribution is 2.26. The fraction of sp³-hybridized carbons (Fsp3) is 0.308. The molecule has 0 saturated carbocycles. The van der Waals surface area contributed by atoms with Crippen LogP contribution in [0.5, 0.6) is 0 Å². The number of amidine groups is 1. The molecule has 1 N–H and O–H groups in total. The normalized spacial score (nSPS) is 14.9. The van der Waals surface area contributed by atoms with Crippen molar-refractivity contribution in [1.82, 2.24) is 9.80 Å². The van der Waals surface area contributed by atoms with Gasteiger partial charge in [0, 0.05) is 19.7 Å². The van der Waals surface area contributed by atoms with E-state index >= 15 is 0 Å². The van der Waals surface area contributed by atoms with Crippen LogP contribution in [0.3, 0.4) is 0 Å². The van der Waals surface area contributed by atoms with Gasteiger partial charge >= 0.3 is 5.97 Å². The number of aliphatic carboxylic acids is 1. The monoisotopic (exact) mass is 325 g/mol. The van der Waals surface area contributed by atoms with Gasteiger partial charge in [0.15, 0.2) is 5.84 Å². The molecule has 1 aliphatic rings. The molecule has 0 bridgehead atoms. The summed E-state index contributed by atoms with van der Waals surface area (Å²) in [6, 6.07) is 6.34. The first-order valence-corrected chi connectivity index (χ1v) is 7.77. The molecule has 1 amide bonds. The molecule has 0 saturated heterocycles. The van der Waals surface area contributed by atoms with Crippen LogP contribution in [-0.2, 0) is 19.6 Å². The number of nitrogens with zero attached hydrogens (tertiary/aromatic N) is 3. The number of carbonyl (C=O) groups excluding carboxylic acids is 1. The Morgan fingerprint density at radius 1 is 1.18 bits per heavy atom. The van der Waals surface area contributed by atoms with Crippen LogP contribution in [0, 0.1) is 0 Å². The SMILES string of the molecule is CN(CC(=O)O)C(=O)CN(C)C1=NS(=O)(=O)c2ccccc21. The van der Waals surface area contributed by atoms with Gasteiger partial charge in [-0.05, 0) is 12.1 Å². The molecule has 0 radical (unpaired) electrons. The molecule has 0 spiro atoms. The smallest absolute Gasteiger partial charge is 0.323 e. The predicted octanol–water partition coefficient (Wildman–Crippen LogP) is -0.390. The van der Waals surface area contributed by atoms with Crippen LogP contribution in [0.25, 0.3) is 0 Å². The van der Waals surface area contributed by atoms with E-state index in [-0.39, 0.29) is 17.3 Å². The van der Waals surface area contributed by atoms with Crippen molar-refractivity contribution < 1.29 is 23.1 Å². The lowest BCUT2D eigenvalue weighted by atomic mass is 10.2. The molecule has 0 atom stereocenters. The van der Waals surface area contributed by atoms with E-state index in [4.69, 9.17) is 5.11 Å². The van der Waals surface area contributed by atoms with Gasteiger partial charge in [0.2, 0.25) is 5.91 Å². The van der Waals surface area contributed by atoms with Crippen LogP contribution in [-0.4, -0.2) is 68.2 Å². The number of carboxylic acids is 1. The summed E-state index contributed by atoms with van der Waals surface area (Å²) in [5.74, 6) is -1.40. The quantitative estimate of drug-likeness (QED) is 0.808. The van der Waals surface area contributed by atoms with E-state index in [2.05, 4.69) is 4.40 Å². The molecule has 22 heavy (non-hydrogen) atoms. The van der Waals surface area contributed by atoms with Crippen molar-refractivity contribution in [3.05, 3.63) is 29.8 Å². The Kier molecular flexibility index (Phi) is 4.18. The Morgan fingerprint density at radius 3 is 2.45 bits per heavy atom. The maximum absolute atomic E-state index is 11.9. The summed E-state index contributed by atoms with van der Waals surface area (Å²) in [7, 11) is -0.850. The molecule has 0 aromatic heterocycles. The number of amides is 1. The first kappa shape index (κ1) is 16.0. The zero-order valence-corrected chi connectivity index (χ0v) is 12.9. The Balaban J connectivity index is 2.19. The zero-order chi connectivity index (χ0) is 16.5. The highest BCUT2D eigenvalue weighted by Gasteiger charge is 2.31. The Labute approximate surface area is 127 Å². The van der Waals surface area contributed by atoms with Crippen LogP contribution in [0.4, 0.5) is 0 Å². The van der Waals surface area contributed by atoms with E-state index < -0.39 is 28.4 Å². The van der Waals surface area contributed by atoms with Crippen LogP contribution in [0.1, 0.15) is 5.56 Å². The maximum Gasteiger partial charge on any atom is 0.323 e.